The third kappa shape index (κ3) is 3.81. The van der Waals surface area contributed by atoms with Crippen molar-refractivity contribution < 1.29 is 29.4 Å². The van der Waals surface area contributed by atoms with Gasteiger partial charge in [-0.1, -0.05) is 26.7 Å². The van der Waals surface area contributed by atoms with Crippen molar-refractivity contribution >= 4 is 23.5 Å². The van der Waals surface area contributed by atoms with Crippen LogP contribution in [-0.2, 0) is 19.2 Å². The summed E-state index contributed by atoms with van der Waals surface area (Å²) < 4.78 is 0. The summed E-state index contributed by atoms with van der Waals surface area (Å²) in [6.07, 6.45) is 1.98. The minimum atomic E-state index is -0.992. The van der Waals surface area contributed by atoms with E-state index in [-0.39, 0.29) is 60.0 Å². The van der Waals surface area contributed by atoms with Gasteiger partial charge < -0.3 is 20.8 Å². The Morgan fingerprint density at radius 2 is 1.17 bits per heavy atom. The second-order valence-corrected chi connectivity index (χ2v) is 7.67. The van der Waals surface area contributed by atoms with E-state index >= 15 is 0 Å². The first-order valence-corrected chi connectivity index (χ1v) is 10.2. The fraction of sp³-hybridized carbons (Fsp3) is 0.455. The molecule has 8 heteroatoms. The van der Waals surface area contributed by atoms with Crippen LogP contribution in [0.4, 0.5) is 0 Å². The molecule has 160 valence electrons. The first-order valence-electron chi connectivity index (χ1n) is 10.2. The van der Waals surface area contributed by atoms with Crippen LogP contribution >= 0.6 is 0 Å². The average molecular weight is 414 g/mol. The van der Waals surface area contributed by atoms with Crippen molar-refractivity contribution in [3.63, 3.8) is 0 Å². The Balaban J connectivity index is 2.16. The van der Waals surface area contributed by atoms with Crippen molar-refractivity contribution in [3.8, 4) is 0 Å². The maximum atomic E-state index is 13.7. The molecule has 1 aliphatic carbocycles. The lowest BCUT2D eigenvalue weighted by molar-refractivity contribution is -0.137. The SMILES string of the molecule is CCCC1=C(CC(=O)O)CNC2=C1C(=O)C1=C(NCC(CC(=O)O)=C1CCC)C2=O. The quantitative estimate of drug-likeness (QED) is 0.443. The van der Waals surface area contributed by atoms with Crippen LogP contribution in [0, 0.1) is 0 Å². The first-order chi connectivity index (χ1) is 14.3. The molecular formula is C22H26N2O6. The zero-order valence-corrected chi connectivity index (χ0v) is 17.2. The molecule has 8 nitrogen and oxygen atoms in total. The molecule has 3 aliphatic rings. The average Bonchev–Trinajstić information content (AvgIpc) is 2.68. The molecule has 0 radical (unpaired) electrons. The van der Waals surface area contributed by atoms with E-state index in [9.17, 15) is 29.4 Å². The van der Waals surface area contributed by atoms with Gasteiger partial charge in [0.2, 0.25) is 5.78 Å². The Bertz CT molecular complexity index is 890. The van der Waals surface area contributed by atoms with Crippen LogP contribution in [0.3, 0.4) is 0 Å². The van der Waals surface area contributed by atoms with Gasteiger partial charge in [-0.05, 0) is 35.1 Å². The van der Waals surface area contributed by atoms with Gasteiger partial charge >= 0.3 is 11.9 Å². The van der Waals surface area contributed by atoms with Gasteiger partial charge in [0.25, 0.3) is 0 Å². The van der Waals surface area contributed by atoms with Crippen molar-refractivity contribution in [1.82, 2.24) is 10.6 Å². The number of ketones is 2. The predicted molar refractivity (Wildman–Crippen MR) is 108 cm³/mol. The molecule has 0 fully saturated rings. The zero-order chi connectivity index (χ0) is 22.0. The van der Waals surface area contributed by atoms with Gasteiger partial charge in [-0.25, -0.2) is 0 Å². The molecule has 30 heavy (non-hydrogen) atoms. The molecule has 0 unspecified atom stereocenters. The molecule has 0 aromatic rings. The lowest BCUT2D eigenvalue weighted by Crippen LogP contribution is -2.43. The Kier molecular flexibility index (Phi) is 6.24. The standard InChI is InChI=1S/C22H26N2O6/c1-3-5-13-11(7-15(25)26)9-23-19-17(13)21(29)18-14(6-4-2)12(8-16(27)28)10-24-20(18)22(19)30/h23-24H,3-10H2,1-2H3,(H,25,26)(H,27,28). The van der Waals surface area contributed by atoms with Gasteiger partial charge in [0.15, 0.2) is 5.78 Å². The smallest absolute Gasteiger partial charge is 0.307 e. The van der Waals surface area contributed by atoms with E-state index in [1.807, 2.05) is 13.8 Å². The molecule has 2 heterocycles. The molecule has 0 atom stereocenters. The monoisotopic (exact) mass is 414 g/mol. The van der Waals surface area contributed by atoms with Crippen LogP contribution in [0.15, 0.2) is 44.8 Å². The normalized spacial score (nSPS) is 18.9. The number of carboxylic acids is 2. The zero-order valence-electron chi connectivity index (χ0n) is 17.2. The molecule has 0 spiro atoms. The van der Waals surface area contributed by atoms with Crippen molar-refractivity contribution in [2.75, 3.05) is 13.1 Å². The summed E-state index contributed by atoms with van der Waals surface area (Å²) in [6, 6.07) is 0. The highest BCUT2D eigenvalue weighted by Gasteiger charge is 2.41. The molecule has 0 aromatic heterocycles. The number of carbonyl (C=O) groups is 4. The molecule has 4 N–H and O–H groups in total. The van der Waals surface area contributed by atoms with Crippen LogP contribution in [0.1, 0.15) is 52.4 Å². The van der Waals surface area contributed by atoms with Gasteiger partial charge in [-0.3, -0.25) is 19.2 Å². The molecule has 0 aromatic carbocycles. The molecule has 3 rings (SSSR count). The highest BCUT2D eigenvalue weighted by atomic mass is 16.4. The van der Waals surface area contributed by atoms with Crippen LogP contribution in [0.5, 0.6) is 0 Å². The molecule has 0 saturated carbocycles. The minimum absolute atomic E-state index is 0.202. The number of allylic oxidation sites excluding steroid dienone is 4. The Morgan fingerprint density at radius 1 is 0.767 bits per heavy atom. The van der Waals surface area contributed by atoms with Gasteiger partial charge in [-0.15, -0.1) is 0 Å². The van der Waals surface area contributed by atoms with Crippen molar-refractivity contribution in [3.05, 3.63) is 44.8 Å². The number of nitrogens with one attached hydrogen (secondary N) is 2. The van der Waals surface area contributed by atoms with E-state index in [4.69, 9.17) is 0 Å². The second-order valence-electron chi connectivity index (χ2n) is 7.67. The first kappa shape index (κ1) is 21.5. The van der Waals surface area contributed by atoms with Crippen molar-refractivity contribution in [1.29, 1.82) is 0 Å². The van der Waals surface area contributed by atoms with E-state index in [0.29, 0.717) is 48.0 Å². The number of carboxylic acid groups (broad SMARTS) is 2. The second kappa shape index (κ2) is 8.69. The fourth-order valence-corrected chi connectivity index (χ4v) is 4.38. The van der Waals surface area contributed by atoms with E-state index in [1.165, 1.54) is 0 Å². The van der Waals surface area contributed by atoms with Crippen molar-refractivity contribution in [2.24, 2.45) is 0 Å². The maximum absolute atomic E-state index is 13.7. The fourth-order valence-electron chi connectivity index (χ4n) is 4.38. The third-order valence-corrected chi connectivity index (χ3v) is 5.55. The summed E-state index contributed by atoms with van der Waals surface area (Å²) in [5.74, 6) is -2.65. The molecule has 0 saturated heterocycles. The summed E-state index contributed by atoms with van der Waals surface area (Å²) in [6.45, 7) is 4.29. The summed E-state index contributed by atoms with van der Waals surface area (Å²) >= 11 is 0. The summed E-state index contributed by atoms with van der Waals surface area (Å²) in [7, 11) is 0. The number of aliphatic carboxylic acids is 2. The van der Waals surface area contributed by atoms with E-state index in [0.717, 1.165) is 0 Å². The Labute approximate surface area is 174 Å². The summed E-state index contributed by atoms with van der Waals surface area (Å²) in [5, 5.41) is 24.5. The molecule has 0 bridgehead atoms. The molecule has 2 aliphatic heterocycles. The maximum Gasteiger partial charge on any atom is 0.307 e. The lowest BCUT2D eigenvalue weighted by Gasteiger charge is -2.34. The number of rotatable bonds is 8. The topological polar surface area (TPSA) is 133 Å². The van der Waals surface area contributed by atoms with Gasteiger partial charge in [0.05, 0.1) is 35.4 Å². The highest BCUT2D eigenvalue weighted by molar-refractivity contribution is 6.28. The van der Waals surface area contributed by atoms with E-state index in [2.05, 4.69) is 10.6 Å². The van der Waals surface area contributed by atoms with Crippen LogP contribution in [-0.4, -0.2) is 46.8 Å². The number of carbonyl (C=O) groups excluding carboxylic acids is 2. The van der Waals surface area contributed by atoms with Gasteiger partial charge in [0, 0.05) is 13.1 Å². The predicted octanol–water partition coefficient (Wildman–Crippen LogP) is 2.00. The molecule has 0 amide bonds. The van der Waals surface area contributed by atoms with Gasteiger partial charge in [0.1, 0.15) is 0 Å². The number of Topliss-reactive ketones (excluding diaryl/α,β-unsaturated/α-hetero) is 2. The number of dihydropyridines is 2. The summed E-state index contributed by atoms with van der Waals surface area (Å²) in [4.78, 5) is 49.5. The number of hydrogen-bond donors (Lipinski definition) is 4. The van der Waals surface area contributed by atoms with Crippen LogP contribution in [0.2, 0.25) is 0 Å². The van der Waals surface area contributed by atoms with Crippen molar-refractivity contribution in [2.45, 2.75) is 52.4 Å². The number of hydrogen-bond acceptors (Lipinski definition) is 6. The lowest BCUT2D eigenvalue weighted by atomic mass is 9.75. The summed E-state index contributed by atoms with van der Waals surface area (Å²) in [5.41, 5.74) is 3.36. The largest absolute Gasteiger partial charge is 0.481 e. The Morgan fingerprint density at radius 3 is 1.50 bits per heavy atom. The van der Waals surface area contributed by atoms with E-state index in [1.54, 1.807) is 0 Å². The highest BCUT2D eigenvalue weighted by Crippen LogP contribution is 2.40. The Hall–Kier alpha value is -3.16. The van der Waals surface area contributed by atoms with E-state index < -0.39 is 11.9 Å². The van der Waals surface area contributed by atoms with Gasteiger partial charge in [-0.2, -0.15) is 0 Å². The molecular weight excluding hydrogens is 388 g/mol. The third-order valence-electron chi connectivity index (χ3n) is 5.55. The van der Waals surface area contributed by atoms with Crippen LogP contribution in [0.25, 0.3) is 0 Å². The minimum Gasteiger partial charge on any atom is -0.481 e. The van der Waals surface area contributed by atoms with Crippen LogP contribution < -0.4 is 10.6 Å².